The number of hydrogen-bond acceptors (Lipinski definition) is 4. The van der Waals surface area contributed by atoms with E-state index in [1.807, 2.05) is 36.4 Å². The molecule has 0 spiro atoms. The largest absolute Gasteiger partial charge is 0.456 e. The van der Waals surface area contributed by atoms with Crippen LogP contribution in [0.25, 0.3) is 105 Å². The van der Waals surface area contributed by atoms with E-state index in [9.17, 15) is 0 Å². The third-order valence-electron chi connectivity index (χ3n) is 13.2. The van der Waals surface area contributed by atoms with Crippen molar-refractivity contribution in [2.45, 2.75) is 0 Å². The number of furan rings is 2. The molecule has 0 N–H and O–H groups in total. The Balaban J connectivity index is 0.924. The van der Waals surface area contributed by atoms with Crippen LogP contribution in [-0.2, 0) is 0 Å². The summed E-state index contributed by atoms with van der Waals surface area (Å²) in [5.74, 6) is 1.64. The van der Waals surface area contributed by atoms with E-state index in [2.05, 4.69) is 191 Å². The summed E-state index contributed by atoms with van der Waals surface area (Å²) in [5, 5.41) is 6.83. The number of para-hydroxylation sites is 6. The van der Waals surface area contributed by atoms with Gasteiger partial charge < -0.3 is 23.0 Å². The van der Waals surface area contributed by atoms with Crippen LogP contribution in [0, 0.1) is 0 Å². The number of aromatic nitrogens is 1. The summed E-state index contributed by atoms with van der Waals surface area (Å²) in [6, 6.07) is 77.4. The van der Waals surface area contributed by atoms with Crippen LogP contribution in [0.2, 0.25) is 0 Å². The van der Waals surface area contributed by atoms with Crippen molar-refractivity contribution in [2.24, 2.45) is 0 Å². The van der Waals surface area contributed by atoms with Gasteiger partial charge in [-0.25, -0.2) is 0 Å². The summed E-state index contributed by atoms with van der Waals surface area (Å²) in [5.41, 5.74) is 16.7. The molecule has 1 aliphatic rings. The first-order valence-electron chi connectivity index (χ1n) is 22.0. The van der Waals surface area contributed by atoms with Crippen LogP contribution in [0.1, 0.15) is 0 Å². The molecule has 0 unspecified atom stereocenters. The summed E-state index contributed by atoms with van der Waals surface area (Å²) in [7, 11) is 0. The van der Waals surface area contributed by atoms with Gasteiger partial charge in [0, 0.05) is 49.3 Å². The van der Waals surface area contributed by atoms with Crippen molar-refractivity contribution in [2.75, 3.05) is 4.90 Å². The van der Waals surface area contributed by atoms with Gasteiger partial charge in [0.15, 0.2) is 11.5 Å². The van der Waals surface area contributed by atoms with Crippen molar-refractivity contribution in [3.63, 3.8) is 0 Å². The highest BCUT2D eigenvalue weighted by Crippen LogP contribution is 2.51. The summed E-state index contributed by atoms with van der Waals surface area (Å²) in [4.78, 5) is 2.28. The maximum Gasteiger partial charge on any atom is 0.152 e. The molecule has 5 nitrogen and oxygen atoms in total. The minimum atomic E-state index is 0.815. The van der Waals surface area contributed by atoms with Crippen LogP contribution in [0.4, 0.5) is 17.1 Å². The zero-order valence-corrected chi connectivity index (χ0v) is 34.9. The Kier molecular flexibility index (Phi) is 7.62. The van der Waals surface area contributed by atoms with E-state index >= 15 is 0 Å². The third-order valence-corrected chi connectivity index (χ3v) is 13.2. The molecule has 0 atom stereocenters. The van der Waals surface area contributed by atoms with Gasteiger partial charge >= 0.3 is 0 Å². The monoisotopic (exact) mass is 832 g/mol. The predicted molar refractivity (Wildman–Crippen MR) is 266 cm³/mol. The lowest BCUT2D eigenvalue weighted by Crippen LogP contribution is -2.15. The number of fused-ring (bicyclic) bond motifs is 11. The highest BCUT2D eigenvalue weighted by molar-refractivity contribution is 6.13. The highest BCUT2D eigenvalue weighted by atomic mass is 16.5. The Morgan fingerprint density at radius 2 is 0.862 bits per heavy atom. The van der Waals surface area contributed by atoms with E-state index in [4.69, 9.17) is 13.6 Å². The predicted octanol–water partition coefficient (Wildman–Crippen LogP) is 17.2. The zero-order valence-electron chi connectivity index (χ0n) is 34.9. The fourth-order valence-corrected chi connectivity index (χ4v) is 10.1. The van der Waals surface area contributed by atoms with Gasteiger partial charge in [-0.2, -0.15) is 0 Å². The van der Waals surface area contributed by atoms with Crippen LogP contribution in [0.5, 0.6) is 11.5 Å². The van der Waals surface area contributed by atoms with Crippen molar-refractivity contribution in [3.8, 4) is 50.6 Å². The molecular weight excluding hydrogens is 797 g/mol. The van der Waals surface area contributed by atoms with Gasteiger partial charge in [-0.15, -0.1) is 0 Å². The van der Waals surface area contributed by atoms with E-state index < -0.39 is 0 Å². The van der Waals surface area contributed by atoms with E-state index in [-0.39, 0.29) is 0 Å². The van der Waals surface area contributed by atoms with Gasteiger partial charge in [0.25, 0.3) is 0 Å². The van der Waals surface area contributed by atoms with Crippen molar-refractivity contribution in [3.05, 3.63) is 218 Å². The molecular formula is C60H36N2O3. The molecule has 65 heavy (non-hydrogen) atoms. The minimum absolute atomic E-state index is 0.815. The molecule has 304 valence electrons. The molecule has 0 radical (unpaired) electrons. The summed E-state index contributed by atoms with van der Waals surface area (Å²) in [6.45, 7) is 0. The van der Waals surface area contributed by atoms with E-state index in [1.54, 1.807) is 0 Å². The second-order valence-electron chi connectivity index (χ2n) is 16.9. The standard InChI is InChI=1S/C60H36N2O3/c1-2-11-42(12-3-1)62-53-17-6-9-20-58(53)64-59-36-41(25-31-54(59)62)39-24-30-52-49(34-39)48-33-38(40-26-32-57-50(35-40)46-14-5-7-18-55(46)63-57)23-29-51(48)61(52)43-27-21-37(22-28-43)44-15-10-16-47-45-13-4-8-19-56(45)65-60(44)47/h1-36H. The van der Waals surface area contributed by atoms with Gasteiger partial charge in [-0.3, -0.25) is 0 Å². The molecule has 10 aromatic carbocycles. The number of rotatable bonds is 5. The topological polar surface area (TPSA) is 43.7 Å². The van der Waals surface area contributed by atoms with Crippen molar-refractivity contribution < 1.29 is 13.6 Å². The maximum absolute atomic E-state index is 6.65. The third kappa shape index (κ3) is 5.52. The van der Waals surface area contributed by atoms with E-state index in [1.165, 1.54) is 10.8 Å². The molecule has 13 aromatic rings. The van der Waals surface area contributed by atoms with Crippen molar-refractivity contribution in [1.29, 1.82) is 0 Å². The fourth-order valence-electron chi connectivity index (χ4n) is 10.1. The molecule has 0 fully saturated rings. The molecule has 4 heterocycles. The van der Waals surface area contributed by atoms with Gasteiger partial charge in [0.2, 0.25) is 0 Å². The lowest BCUT2D eigenvalue weighted by Gasteiger charge is -2.33. The SMILES string of the molecule is c1ccc(N2c3ccccc3Oc3cc(-c4ccc5c(c4)c4cc(-c6ccc7oc8ccccc8c7c6)ccc4n5-c4ccc(-c5cccc6c5oc5ccccc56)cc4)ccc32)cc1. The van der Waals surface area contributed by atoms with Gasteiger partial charge in [-0.05, 0) is 125 Å². The molecule has 5 heteroatoms. The minimum Gasteiger partial charge on any atom is -0.456 e. The highest BCUT2D eigenvalue weighted by Gasteiger charge is 2.26. The fraction of sp³-hybridized carbons (Fsp3) is 0. The number of hydrogen-bond donors (Lipinski definition) is 0. The van der Waals surface area contributed by atoms with Crippen LogP contribution in [0.3, 0.4) is 0 Å². The van der Waals surface area contributed by atoms with E-state index in [0.717, 1.165) is 123 Å². The van der Waals surface area contributed by atoms with Crippen molar-refractivity contribution >= 4 is 82.7 Å². The number of nitrogens with zero attached hydrogens (tertiary/aromatic N) is 2. The maximum atomic E-state index is 6.65. The van der Waals surface area contributed by atoms with Crippen LogP contribution in [-0.4, -0.2) is 4.57 Å². The average Bonchev–Trinajstić information content (AvgIpc) is 4.05. The summed E-state index contributed by atoms with van der Waals surface area (Å²) >= 11 is 0. The van der Waals surface area contributed by atoms with Crippen LogP contribution < -0.4 is 9.64 Å². The lowest BCUT2D eigenvalue weighted by atomic mass is 9.98. The smallest absolute Gasteiger partial charge is 0.152 e. The average molecular weight is 833 g/mol. The molecule has 0 aliphatic carbocycles. The molecule has 14 rings (SSSR count). The Hall–Kier alpha value is -8.80. The number of benzene rings is 10. The van der Waals surface area contributed by atoms with E-state index in [0.29, 0.717) is 0 Å². The van der Waals surface area contributed by atoms with Gasteiger partial charge in [-0.1, -0.05) is 121 Å². The molecule has 1 aliphatic heterocycles. The zero-order chi connectivity index (χ0) is 42.6. The number of ether oxygens (including phenoxy) is 1. The lowest BCUT2D eigenvalue weighted by molar-refractivity contribution is 0.477. The first-order valence-corrected chi connectivity index (χ1v) is 22.0. The molecule has 0 bridgehead atoms. The second kappa shape index (κ2) is 13.9. The van der Waals surface area contributed by atoms with Gasteiger partial charge in [0.05, 0.1) is 22.4 Å². The summed E-state index contributed by atoms with van der Waals surface area (Å²) in [6.07, 6.45) is 0. The Morgan fingerprint density at radius 1 is 0.308 bits per heavy atom. The van der Waals surface area contributed by atoms with Crippen LogP contribution in [0.15, 0.2) is 227 Å². The Bertz CT molecular complexity index is 4040. The van der Waals surface area contributed by atoms with Crippen molar-refractivity contribution in [1.82, 2.24) is 4.57 Å². The van der Waals surface area contributed by atoms with Crippen LogP contribution >= 0.6 is 0 Å². The normalized spacial score (nSPS) is 12.4. The second-order valence-corrected chi connectivity index (χ2v) is 16.9. The number of anilines is 3. The molecule has 0 saturated heterocycles. The summed E-state index contributed by atoms with van der Waals surface area (Å²) < 4.78 is 21.7. The molecule has 3 aromatic heterocycles. The first-order chi connectivity index (χ1) is 32.2. The molecule has 0 saturated carbocycles. The molecule has 0 amide bonds. The quantitative estimate of drug-likeness (QED) is 0.173. The Morgan fingerprint density at radius 3 is 1.63 bits per heavy atom. The first kappa shape index (κ1) is 35.8. The van der Waals surface area contributed by atoms with Gasteiger partial charge in [0.1, 0.15) is 22.3 Å². The Labute approximate surface area is 373 Å².